The Hall–Kier alpha value is -2.14. The molecule has 0 amide bonds. The summed E-state index contributed by atoms with van der Waals surface area (Å²) in [6.07, 6.45) is 0. The highest BCUT2D eigenvalue weighted by Crippen LogP contribution is 2.24. The molecule has 4 nitrogen and oxygen atoms in total. The molecule has 0 fully saturated rings. The number of hydrogen-bond donors (Lipinski definition) is 0. The van der Waals surface area contributed by atoms with E-state index in [4.69, 9.17) is 4.84 Å². The average molecular weight is 331 g/mol. The van der Waals surface area contributed by atoms with Gasteiger partial charge >= 0.3 is 0 Å². The molecule has 2 rings (SSSR count). The molecular weight excluding hydrogens is 310 g/mol. The van der Waals surface area contributed by atoms with Gasteiger partial charge in [0.15, 0.2) is 0 Å². The molecule has 0 heterocycles. The maximum absolute atomic E-state index is 12.9. The Kier molecular flexibility index (Phi) is 4.90. The number of rotatable bonds is 4. The second kappa shape index (κ2) is 6.54. The van der Waals surface area contributed by atoms with Crippen LogP contribution in [0.1, 0.15) is 33.3 Å². The summed E-state index contributed by atoms with van der Waals surface area (Å²) in [5.41, 5.74) is 0.629. The number of oxime groups is 1. The van der Waals surface area contributed by atoms with Crippen molar-refractivity contribution in [1.29, 1.82) is 0 Å². The smallest absolute Gasteiger partial charge is 0.207 e. The van der Waals surface area contributed by atoms with E-state index < -0.39 is 15.4 Å². The monoisotopic (exact) mass is 331 g/mol. The van der Waals surface area contributed by atoms with Crippen molar-refractivity contribution in [2.45, 2.75) is 43.1 Å². The van der Waals surface area contributed by atoms with Crippen LogP contribution < -0.4 is 0 Å². The molecule has 2 aromatic carbocycles. The Morgan fingerprint density at radius 1 is 0.957 bits per heavy atom. The van der Waals surface area contributed by atoms with Crippen LogP contribution in [0.15, 0.2) is 69.5 Å². The second-order valence-electron chi connectivity index (χ2n) is 6.19. The Morgan fingerprint density at radius 2 is 1.52 bits per heavy atom. The average Bonchev–Trinajstić information content (AvgIpc) is 2.53. The minimum absolute atomic E-state index is 0.227. The van der Waals surface area contributed by atoms with Crippen molar-refractivity contribution in [3.63, 3.8) is 0 Å². The number of sulfone groups is 1. The predicted molar refractivity (Wildman–Crippen MR) is 91.4 cm³/mol. The van der Waals surface area contributed by atoms with Crippen LogP contribution in [-0.2, 0) is 14.7 Å². The maximum atomic E-state index is 12.9. The lowest BCUT2D eigenvalue weighted by molar-refractivity contribution is 0.000933. The molecule has 0 aliphatic heterocycles. The molecule has 0 aromatic heterocycles. The van der Waals surface area contributed by atoms with Crippen LogP contribution in [0.4, 0.5) is 0 Å². The molecule has 0 saturated carbocycles. The molecule has 0 aliphatic carbocycles. The standard InChI is InChI=1S/C18H21NO3S/c1-14(19-22-18(2,3)4)16-12-8-9-13-17(16)23(20,21)15-10-6-5-7-11-15/h5-13H,1-4H3/b19-14+. The fourth-order valence-electron chi connectivity index (χ4n) is 1.98. The molecule has 0 N–H and O–H groups in total. The lowest BCUT2D eigenvalue weighted by Gasteiger charge is -2.17. The highest BCUT2D eigenvalue weighted by Gasteiger charge is 2.22. The summed E-state index contributed by atoms with van der Waals surface area (Å²) >= 11 is 0. The Bertz CT molecular complexity index is 804. The highest BCUT2D eigenvalue weighted by atomic mass is 32.2. The van der Waals surface area contributed by atoms with Gasteiger partial charge in [-0.3, -0.25) is 0 Å². The van der Waals surface area contributed by atoms with Crippen LogP contribution in [-0.4, -0.2) is 19.7 Å². The van der Waals surface area contributed by atoms with Crippen molar-refractivity contribution in [3.8, 4) is 0 Å². The van der Waals surface area contributed by atoms with Crippen molar-refractivity contribution in [1.82, 2.24) is 0 Å². The minimum atomic E-state index is -3.60. The molecule has 0 spiro atoms. The zero-order valence-electron chi connectivity index (χ0n) is 13.8. The summed E-state index contributed by atoms with van der Waals surface area (Å²) in [6, 6.07) is 15.2. The predicted octanol–water partition coefficient (Wildman–Crippen LogP) is 4.06. The van der Waals surface area contributed by atoms with Gasteiger partial charge in [-0.2, -0.15) is 0 Å². The number of benzene rings is 2. The summed E-state index contributed by atoms with van der Waals surface area (Å²) in [5.74, 6) is 0. The summed E-state index contributed by atoms with van der Waals surface area (Å²) in [5, 5.41) is 4.09. The molecule has 0 unspecified atom stereocenters. The summed E-state index contributed by atoms with van der Waals surface area (Å²) in [7, 11) is -3.60. The minimum Gasteiger partial charge on any atom is -0.390 e. The lowest BCUT2D eigenvalue weighted by atomic mass is 10.1. The Morgan fingerprint density at radius 3 is 2.13 bits per heavy atom. The SMILES string of the molecule is C/C(=N\OC(C)(C)C)c1ccccc1S(=O)(=O)c1ccccc1. The first kappa shape index (κ1) is 17.2. The van der Waals surface area contributed by atoms with Gasteiger partial charge in [0.25, 0.3) is 0 Å². The van der Waals surface area contributed by atoms with Gasteiger partial charge in [0.1, 0.15) is 5.60 Å². The Labute approximate surface area is 137 Å². The van der Waals surface area contributed by atoms with Crippen molar-refractivity contribution in [2.75, 3.05) is 0 Å². The first-order valence-electron chi connectivity index (χ1n) is 7.34. The van der Waals surface area contributed by atoms with E-state index in [0.717, 1.165) is 0 Å². The van der Waals surface area contributed by atoms with Gasteiger partial charge in [-0.1, -0.05) is 41.6 Å². The number of nitrogens with zero attached hydrogens (tertiary/aromatic N) is 1. The molecular formula is C18H21NO3S. The lowest BCUT2D eigenvalue weighted by Crippen LogP contribution is -2.17. The van der Waals surface area contributed by atoms with Gasteiger partial charge in [0, 0.05) is 5.56 Å². The summed E-state index contributed by atoms with van der Waals surface area (Å²) in [6.45, 7) is 7.40. The van der Waals surface area contributed by atoms with Crippen LogP contribution in [0.2, 0.25) is 0 Å². The van der Waals surface area contributed by atoms with E-state index in [2.05, 4.69) is 5.16 Å². The normalized spacial score (nSPS) is 13.0. The molecule has 0 radical (unpaired) electrons. The second-order valence-corrected chi connectivity index (χ2v) is 8.11. The van der Waals surface area contributed by atoms with Gasteiger partial charge in [0.05, 0.1) is 15.5 Å². The van der Waals surface area contributed by atoms with Gasteiger partial charge < -0.3 is 4.84 Å². The zero-order chi connectivity index (χ0) is 17.1. The van der Waals surface area contributed by atoms with Crippen molar-refractivity contribution in [2.24, 2.45) is 5.16 Å². The highest BCUT2D eigenvalue weighted by molar-refractivity contribution is 7.91. The van der Waals surface area contributed by atoms with E-state index in [1.54, 1.807) is 61.5 Å². The summed E-state index contributed by atoms with van der Waals surface area (Å²) < 4.78 is 25.7. The van der Waals surface area contributed by atoms with Gasteiger partial charge in [0.2, 0.25) is 9.84 Å². The van der Waals surface area contributed by atoms with E-state index in [1.807, 2.05) is 20.8 Å². The topological polar surface area (TPSA) is 55.7 Å². The third-order valence-corrected chi connectivity index (χ3v) is 4.90. The van der Waals surface area contributed by atoms with E-state index in [9.17, 15) is 8.42 Å². The fourth-order valence-corrected chi connectivity index (χ4v) is 3.51. The fraction of sp³-hybridized carbons (Fsp3) is 0.278. The third kappa shape index (κ3) is 4.20. The first-order valence-corrected chi connectivity index (χ1v) is 8.82. The molecule has 0 aliphatic rings. The van der Waals surface area contributed by atoms with E-state index in [-0.39, 0.29) is 9.79 Å². The zero-order valence-corrected chi connectivity index (χ0v) is 14.6. The maximum Gasteiger partial charge on any atom is 0.207 e. The molecule has 2 aromatic rings. The van der Waals surface area contributed by atoms with Gasteiger partial charge in [-0.15, -0.1) is 0 Å². The van der Waals surface area contributed by atoms with E-state index >= 15 is 0 Å². The Balaban J connectivity index is 2.50. The third-order valence-electron chi connectivity index (χ3n) is 3.08. The molecule has 0 saturated heterocycles. The largest absolute Gasteiger partial charge is 0.390 e. The van der Waals surface area contributed by atoms with Gasteiger partial charge in [-0.05, 0) is 45.9 Å². The van der Waals surface area contributed by atoms with Crippen LogP contribution in [0.25, 0.3) is 0 Å². The van der Waals surface area contributed by atoms with E-state index in [0.29, 0.717) is 11.3 Å². The van der Waals surface area contributed by atoms with Crippen LogP contribution >= 0.6 is 0 Å². The van der Waals surface area contributed by atoms with Crippen LogP contribution in [0.3, 0.4) is 0 Å². The van der Waals surface area contributed by atoms with Crippen LogP contribution in [0.5, 0.6) is 0 Å². The molecule has 0 atom stereocenters. The van der Waals surface area contributed by atoms with Crippen molar-refractivity contribution >= 4 is 15.5 Å². The molecule has 5 heteroatoms. The van der Waals surface area contributed by atoms with Crippen molar-refractivity contribution < 1.29 is 13.3 Å². The summed E-state index contributed by atoms with van der Waals surface area (Å²) in [4.78, 5) is 5.90. The van der Waals surface area contributed by atoms with Crippen molar-refractivity contribution in [3.05, 3.63) is 60.2 Å². The quantitative estimate of drug-likeness (QED) is 0.627. The van der Waals surface area contributed by atoms with Crippen LogP contribution in [0, 0.1) is 0 Å². The van der Waals surface area contributed by atoms with Gasteiger partial charge in [-0.25, -0.2) is 8.42 Å². The number of hydrogen-bond acceptors (Lipinski definition) is 4. The van der Waals surface area contributed by atoms with E-state index in [1.165, 1.54) is 0 Å². The molecule has 0 bridgehead atoms. The molecule has 122 valence electrons. The molecule has 23 heavy (non-hydrogen) atoms. The first-order chi connectivity index (χ1) is 10.7.